The minimum absolute atomic E-state index is 0.428. The Morgan fingerprint density at radius 2 is 2.14 bits per heavy atom. The van der Waals surface area contributed by atoms with Crippen LogP contribution in [0.4, 0.5) is 0 Å². The summed E-state index contributed by atoms with van der Waals surface area (Å²) >= 11 is 6.99. The lowest BCUT2D eigenvalue weighted by Crippen LogP contribution is -2.11. The number of fused-ring (bicyclic) bond motifs is 1. The van der Waals surface area contributed by atoms with Gasteiger partial charge in [0.1, 0.15) is 0 Å². The van der Waals surface area contributed by atoms with Gasteiger partial charge in [-0.05, 0) is 6.07 Å². The van der Waals surface area contributed by atoms with E-state index in [0.717, 1.165) is 17.4 Å². The summed E-state index contributed by atoms with van der Waals surface area (Å²) in [5, 5.41) is 6.60. The summed E-state index contributed by atoms with van der Waals surface area (Å²) in [6, 6.07) is 8.15. The first-order valence-corrected chi connectivity index (χ1v) is 6.45. The van der Waals surface area contributed by atoms with E-state index in [0.29, 0.717) is 4.83 Å². The predicted octanol–water partition coefficient (Wildman–Crippen LogP) is 3.19. The Kier molecular flexibility index (Phi) is 3.23. The summed E-state index contributed by atoms with van der Waals surface area (Å²) in [6.45, 7) is 0.889. The Morgan fingerprint density at radius 1 is 1.36 bits per heavy atom. The monoisotopic (exact) mass is 316 g/mol. The molecule has 0 aliphatic rings. The summed E-state index contributed by atoms with van der Waals surface area (Å²) in [7, 11) is 0. The van der Waals surface area contributed by atoms with Gasteiger partial charge in [-0.15, -0.1) is 0 Å². The number of hydrogen-bond acceptors (Lipinski definition) is 1. The van der Waals surface area contributed by atoms with Crippen LogP contribution in [-0.2, 0) is 6.54 Å². The van der Waals surface area contributed by atoms with E-state index in [1.807, 2.05) is 22.9 Å². The molecule has 1 unspecified atom stereocenters. The van der Waals surface area contributed by atoms with Gasteiger partial charge in [0, 0.05) is 21.7 Å². The fourth-order valence-corrected chi connectivity index (χ4v) is 1.86. The fraction of sp³-hybridized carbons (Fsp3) is 0.300. The van der Waals surface area contributed by atoms with E-state index in [4.69, 9.17) is 0 Å². The van der Waals surface area contributed by atoms with Crippen molar-refractivity contribution in [3.63, 3.8) is 0 Å². The van der Waals surface area contributed by atoms with Crippen molar-refractivity contribution in [1.29, 1.82) is 0 Å². The van der Waals surface area contributed by atoms with Crippen LogP contribution in [-0.4, -0.2) is 19.9 Å². The second-order valence-electron chi connectivity index (χ2n) is 3.16. The molecule has 0 spiro atoms. The lowest BCUT2D eigenvalue weighted by Gasteiger charge is -2.04. The van der Waals surface area contributed by atoms with Gasteiger partial charge in [-0.3, -0.25) is 4.68 Å². The molecule has 2 nitrogen and oxygen atoms in total. The molecule has 0 N–H and O–H groups in total. The molecule has 2 rings (SSSR count). The summed E-state index contributed by atoms with van der Waals surface area (Å²) in [5.41, 5.74) is 1.06. The molecule has 1 aromatic carbocycles. The lowest BCUT2D eigenvalue weighted by molar-refractivity contribution is 0.628. The first kappa shape index (κ1) is 10.2. The number of rotatable bonds is 3. The largest absolute Gasteiger partial charge is 0.270 e. The standard InChI is InChI=1S/C10H10Br2N2/c11-5-9(12)7-14-6-8-3-1-2-4-10(8)13-14/h1-4,6,9H,5,7H2. The van der Waals surface area contributed by atoms with Crippen molar-refractivity contribution < 1.29 is 0 Å². The lowest BCUT2D eigenvalue weighted by atomic mass is 10.3. The Balaban J connectivity index is 2.27. The van der Waals surface area contributed by atoms with Crippen LogP contribution in [0.3, 0.4) is 0 Å². The third kappa shape index (κ3) is 2.17. The molecule has 0 bridgehead atoms. The second-order valence-corrected chi connectivity index (χ2v) is 5.10. The van der Waals surface area contributed by atoms with Gasteiger partial charge in [0.2, 0.25) is 0 Å². The number of alkyl halides is 2. The smallest absolute Gasteiger partial charge is 0.0923 e. The molecule has 0 radical (unpaired) electrons. The van der Waals surface area contributed by atoms with Crippen molar-refractivity contribution >= 4 is 42.8 Å². The van der Waals surface area contributed by atoms with E-state index in [1.54, 1.807) is 0 Å². The van der Waals surface area contributed by atoms with Crippen LogP contribution >= 0.6 is 31.9 Å². The number of aromatic nitrogens is 2. The summed E-state index contributed by atoms with van der Waals surface area (Å²) in [4.78, 5) is 0.428. The number of nitrogens with zero attached hydrogens (tertiary/aromatic N) is 2. The third-order valence-corrected chi connectivity index (χ3v) is 4.28. The molecule has 0 aliphatic carbocycles. The first-order chi connectivity index (χ1) is 6.79. The zero-order valence-electron chi connectivity index (χ0n) is 7.53. The Hall–Kier alpha value is -0.350. The van der Waals surface area contributed by atoms with Crippen LogP contribution in [0.1, 0.15) is 0 Å². The Labute approximate surface area is 99.6 Å². The topological polar surface area (TPSA) is 17.8 Å². The highest BCUT2D eigenvalue weighted by Crippen LogP contribution is 2.13. The zero-order valence-corrected chi connectivity index (χ0v) is 10.7. The molecule has 1 aromatic heterocycles. The van der Waals surface area contributed by atoms with Crippen molar-refractivity contribution in [2.75, 3.05) is 5.33 Å². The number of hydrogen-bond donors (Lipinski definition) is 0. The molecule has 0 amide bonds. The molecule has 0 aliphatic heterocycles. The molecule has 2 aromatic rings. The molecule has 1 heterocycles. The van der Waals surface area contributed by atoms with Gasteiger partial charge in [-0.2, -0.15) is 5.10 Å². The van der Waals surface area contributed by atoms with Gasteiger partial charge in [0.25, 0.3) is 0 Å². The molecule has 0 saturated carbocycles. The maximum atomic E-state index is 4.47. The van der Waals surface area contributed by atoms with Crippen molar-refractivity contribution in [2.24, 2.45) is 0 Å². The van der Waals surface area contributed by atoms with Crippen LogP contribution in [0.2, 0.25) is 0 Å². The summed E-state index contributed by atoms with van der Waals surface area (Å²) in [6.07, 6.45) is 2.08. The maximum Gasteiger partial charge on any atom is 0.0923 e. The highest BCUT2D eigenvalue weighted by Gasteiger charge is 2.04. The van der Waals surface area contributed by atoms with Crippen LogP contribution in [0, 0.1) is 0 Å². The van der Waals surface area contributed by atoms with Crippen LogP contribution in [0.25, 0.3) is 10.9 Å². The van der Waals surface area contributed by atoms with E-state index >= 15 is 0 Å². The van der Waals surface area contributed by atoms with E-state index in [1.165, 1.54) is 5.39 Å². The maximum absolute atomic E-state index is 4.47. The van der Waals surface area contributed by atoms with Crippen LogP contribution in [0.5, 0.6) is 0 Å². The first-order valence-electron chi connectivity index (χ1n) is 4.42. The van der Waals surface area contributed by atoms with Crippen molar-refractivity contribution in [1.82, 2.24) is 9.78 Å². The molecule has 0 saturated heterocycles. The van der Waals surface area contributed by atoms with E-state index in [2.05, 4.69) is 49.2 Å². The van der Waals surface area contributed by atoms with E-state index in [9.17, 15) is 0 Å². The van der Waals surface area contributed by atoms with Crippen LogP contribution in [0.15, 0.2) is 30.5 Å². The minimum atomic E-state index is 0.428. The second kappa shape index (κ2) is 4.45. The quantitative estimate of drug-likeness (QED) is 0.795. The van der Waals surface area contributed by atoms with Gasteiger partial charge >= 0.3 is 0 Å². The molecule has 14 heavy (non-hydrogen) atoms. The zero-order chi connectivity index (χ0) is 9.97. The fourth-order valence-electron chi connectivity index (χ4n) is 1.36. The highest BCUT2D eigenvalue weighted by molar-refractivity contribution is 9.12. The van der Waals surface area contributed by atoms with Gasteiger partial charge in [-0.25, -0.2) is 0 Å². The number of benzene rings is 1. The Bertz CT molecular complexity index is 392. The van der Waals surface area contributed by atoms with Crippen molar-refractivity contribution in [3.8, 4) is 0 Å². The third-order valence-electron chi connectivity index (χ3n) is 2.01. The van der Waals surface area contributed by atoms with Gasteiger partial charge in [0.15, 0.2) is 0 Å². The molecule has 1 atom stereocenters. The van der Waals surface area contributed by atoms with Gasteiger partial charge in [0.05, 0.1) is 12.1 Å². The highest BCUT2D eigenvalue weighted by atomic mass is 79.9. The molecular formula is C10H10Br2N2. The SMILES string of the molecule is BrCC(Br)Cn1cc2ccccc2n1. The average Bonchev–Trinajstić information content (AvgIpc) is 2.59. The molecule has 0 fully saturated rings. The number of halogens is 2. The van der Waals surface area contributed by atoms with Gasteiger partial charge in [-0.1, -0.05) is 50.1 Å². The molecular weight excluding hydrogens is 308 g/mol. The van der Waals surface area contributed by atoms with Gasteiger partial charge < -0.3 is 0 Å². The van der Waals surface area contributed by atoms with Crippen LogP contribution < -0.4 is 0 Å². The van der Waals surface area contributed by atoms with E-state index < -0.39 is 0 Å². The summed E-state index contributed by atoms with van der Waals surface area (Å²) in [5.74, 6) is 0. The molecule has 74 valence electrons. The average molecular weight is 318 g/mol. The predicted molar refractivity (Wildman–Crippen MR) is 66.2 cm³/mol. The van der Waals surface area contributed by atoms with Crippen molar-refractivity contribution in [2.45, 2.75) is 11.4 Å². The summed E-state index contributed by atoms with van der Waals surface area (Å²) < 4.78 is 1.98. The minimum Gasteiger partial charge on any atom is -0.270 e. The van der Waals surface area contributed by atoms with E-state index in [-0.39, 0.29) is 0 Å². The van der Waals surface area contributed by atoms with Crippen molar-refractivity contribution in [3.05, 3.63) is 30.5 Å². The molecule has 4 heteroatoms. The Morgan fingerprint density at radius 3 is 2.86 bits per heavy atom. The normalized spacial score (nSPS) is 13.3.